The fraction of sp³-hybridized carbons (Fsp3) is 0.417. The normalized spacial score (nSPS) is 12.9. The van der Waals surface area contributed by atoms with Crippen LogP contribution in [0.2, 0.25) is 5.02 Å². The number of carbonyl (C=O) groups excluding carboxylic acids is 1. The maximum Gasteiger partial charge on any atom is 0.231 e. The van der Waals surface area contributed by atoms with Gasteiger partial charge in [-0.25, -0.2) is 0 Å². The van der Waals surface area contributed by atoms with E-state index >= 15 is 0 Å². The van der Waals surface area contributed by atoms with Gasteiger partial charge in [0.1, 0.15) is 0 Å². The molecule has 1 aromatic rings. The molecule has 0 unspecified atom stereocenters. The van der Waals surface area contributed by atoms with E-state index in [0.29, 0.717) is 28.5 Å². The number of hydrogen-bond acceptors (Lipinski definition) is 4. The van der Waals surface area contributed by atoms with Crippen LogP contribution >= 0.6 is 11.6 Å². The number of halogens is 1. The van der Waals surface area contributed by atoms with Gasteiger partial charge in [0, 0.05) is 11.1 Å². The summed E-state index contributed by atoms with van der Waals surface area (Å²) in [7, 11) is 1.73. The molecule has 0 spiro atoms. The molecular weight excluding hydrogens is 242 g/mol. The van der Waals surface area contributed by atoms with Crippen LogP contribution in [0.1, 0.15) is 22.8 Å². The minimum absolute atomic E-state index is 0.00421. The molecule has 4 nitrogen and oxygen atoms in total. The van der Waals surface area contributed by atoms with Crippen LogP contribution in [0.4, 0.5) is 0 Å². The van der Waals surface area contributed by atoms with Crippen LogP contribution in [0.5, 0.6) is 11.5 Å². The van der Waals surface area contributed by atoms with E-state index in [1.807, 2.05) is 6.92 Å². The SMILES string of the molecule is CCc1c(C(=O)CNC)cc(Cl)c2c1OCO2. The molecular formula is C12H14ClNO3. The van der Waals surface area contributed by atoms with Gasteiger partial charge in [0.15, 0.2) is 17.3 Å². The minimum atomic E-state index is 0.00421. The first-order chi connectivity index (χ1) is 8.19. The Hall–Kier alpha value is -1.26. The second kappa shape index (κ2) is 4.94. The topological polar surface area (TPSA) is 47.6 Å². The van der Waals surface area contributed by atoms with Gasteiger partial charge in [-0.2, -0.15) is 0 Å². The molecule has 0 aliphatic carbocycles. The fourth-order valence-corrected chi connectivity index (χ4v) is 2.19. The van der Waals surface area contributed by atoms with Crippen LogP contribution in [0.3, 0.4) is 0 Å². The molecule has 1 heterocycles. The van der Waals surface area contributed by atoms with Gasteiger partial charge in [-0.1, -0.05) is 18.5 Å². The first-order valence-electron chi connectivity index (χ1n) is 5.47. The van der Waals surface area contributed by atoms with Crippen molar-refractivity contribution < 1.29 is 14.3 Å². The summed E-state index contributed by atoms with van der Waals surface area (Å²) in [5.74, 6) is 1.16. The lowest BCUT2D eigenvalue weighted by Crippen LogP contribution is -2.20. The maximum absolute atomic E-state index is 12.0. The summed E-state index contributed by atoms with van der Waals surface area (Å²) >= 11 is 6.07. The average molecular weight is 256 g/mol. The van der Waals surface area contributed by atoms with Crippen molar-refractivity contribution in [3.05, 3.63) is 22.2 Å². The monoisotopic (exact) mass is 255 g/mol. The van der Waals surface area contributed by atoms with Crippen molar-refractivity contribution >= 4 is 17.4 Å². The van der Waals surface area contributed by atoms with E-state index in [1.165, 1.54) is 0 Å². The third-order valence-corrected chi connectivity index (χ3v) is 2.97. The molecule has 1 aliphatic rings. The summed E-state index contributed by atoms with van der Waals surface area (Å²) in [6.07, 6.45) is 0.702. The lowest BCUT2D eigenvalue weighted by atomic mass is 9.99. The standard InChI is InChI=1S/C12H14ClNO3/c1-3-7-8(10(15)5-14-2)4-9(13)12-11(7)16-6-17-12/h4,14H,3,5-6H2,1-2H3. The average Bonchev–Trinajstić information content (AvgIpc) is 2.78. The van der Waals surface area contributed by atoms with Crippen molar-refractivity contribution in [2.75, 3.05) is 20.4 Å². The van der Waals surface area contributed by atoms with Gasteiger partial charge < -0.3 is 14.8 Å². The van der Waals surface area contributed by atoms with E-state index in [4.69, 9.17) is 21.1 Å². The van der Waals surface area contributed by atoms with Crippen molar-refractivity contribution in [2.45, 2.75) is 13.3 Å². The van der Waals surface area contributed by atoms with E-state index < -0.39 is 0 Å². The zero-order valence-electron chi connectivity index (χ0n) is 9.80. The number of likely N-dealkylation sites (N-methyl/N-ethyl adjacent to an activating group) is 1. The van der Waals surface area contributed by atoms with Crippen LogP contribution in [-0.4, -0.2) is 26.2 Å². The molecule has 1 aliphatic heterocycles. The Morgan fingerprint density at radius 3 is 2.82 bits per heavy atom. The number of hydrogen-bond donors (Lipinski definition) is 1. The first kappa shape index (κ1) is 12.2. The van der Waals surface area contributed by atoms with Crippen LogP contribution in [-0.2, 0) is 6.42 Å². The first-order valence-corrected chi connectivity index (χ1v) is 5.85. The predicted molar refractivity (Wildman–Crippen MR) is 65.2 cm³/mol. The van der Waals surface area contributed by atoms with E-state index in [9.17, 15) is 4.79 Å². The predicted octanol–water partition coefficient (Wildman–Crippen LogP) is 2.03. The zero-order chi connectivity index (χ0) is 12.4. The van der Waals surface area contributed by atoms with Crippen molar-refractivity contribution in [2.24, 2.45) is 0 Å². The van der Waals surface area contributed by atoms with Gasteiger partial charge in [-0.05, 0) is 19.5 Å². The van der Waals surface area contributed by atoms with Crippen molar-refractivity contribution in [3.8, 4) is 11.5 Å². The molecule has 1 aromatic carbocycles. The second-order valence-corrected chi connectivity index (χ2v) is 4.16. The van der Waals surface area contributed by atoms with E-state index in [1.54, 1.807) is 13.1 Å². The number of ketones is 1. The highest BCUT2D eigenvalue weighted by Crippen LogP contribution is 2.43. The molecule has 1 N–H and O–H groups in total. The number of fused-ring (bicyclic) bond motifs is 1. The van der Waals surface area contributed by atoms with Gasteiger partial charge in [0.25, 0.3) is 0 Å². The summed E-state index contributed by atoms with van der Waals surface area (Å²) in [6, 6.07) is 1.66. The van der Waals surface area contributed by atoms with Gasteiger partial charge in [-0.15, -0.1) is 0 Å². The smallest absolute Gasteiger partial charge is 0.231 e. The van der Waals surface area contributed by atoms with Crippen LogP contribution in [0.25, 0.3) is 0 Å². The molecule has 0 amide bonds. The van der Waals surface area contributed by atoms with Crippen molar-refractivity contribution in [1.82, 2.24) is 5.32 Å². The lowest BCUT2D eigenvalue weighted by molar-refractivity contribution is 0.0992. The molecule has 0 aromatic heterocycles. The largest absolute Gasteiger partial charge is 0.453 e. The summed E-state index contributed by atoms with van der Waals surface area (Å²) in [4.78, 5) is 12.0. The zero-order valence-corrected chi connectivity index (χ0v) is 10.6. The van der Waals surface area contributed by atoms with Crippen LogP contribution < -0.4 is 14.8 Å². The van der Waals surface area contributed by atoms with E-state index in [-0.39, 0.29) is 19.1 Å². The van der Waals surface area contributed by atoms with E-state index in [0.717, 1.165) is 5.56 Å². The Kier molecular flexibility index (Phi) is 3.54. The van der Waals surface area contributed by atoms with E-state index in [2.05, 4.69) is 5.32 Å². The molecule has 0 atom stereocenters. The lowest BCUT2D eigenvalue weighted by Gasteiger charge is -2.11. The Morgan fingerprint density at radius 2 is 2.18 bits per heavy atom. The summed E-state index contributed by atoms with van der Waals surface area (Å²) < 4.78 is 10.7. The molecule has 0 fully saturated rings. The summed E-state index contributed by atoms with van der Waals surface area (Å²) in [5, 5.41) is 3.26. The van der Waals surface area contributed by atoms with Crippen LogP contribution in [0.15, 0.2) is 6.07 Å². The Bertz CT molecular complexity index is 460. The second-order valence-electron chi connectivity index (χ2n) is 3.76. The molecule has 0 bridgehead atoms. The molecule has 17 heavy (non-hydrogen) atoms. The molecule has 5 heteroatoms. The number of ether oxygens (including phenoxy) is 2. The Morgan fingerprint density at radius 1 is 1.47 bits per heavy atom. The number of Topliss-reactive ketones (excluding diaryl/α,β-unsaturated/α-hetero) is 1. The highest BCUT2D eigenvalue weighted by atomic mass is 35.5. The summed E-state index contributed by atoms with van der Waals surface area (Å²) in [5.41, 5.74) is 1.47. The Balaban J connectivity index is 2.52. The minimum Gasteiger partial charge on any atom is -0.453 e. The van der Waals surface area contributed by atoms with Gasteiger partial charge >= 0.3 is 0 Å². The highest BCUT2D eigenvalue weighted by molar-refractivity contribution is 6.33. The van der Waals surface area contributed by atoms with Crippen molar-refractivity contribution in [3.63, 3.8) is 0 Å². The summed E-state index contributed by atoms with van der Waals surface area (Å²) in [6.45, 7) is 2.41. The molecule has 2 rings (SSSR count). The number of rotatable bonds is 4. The third-order valence-electron chi connectivity index (χ3n) is 2.69. The molecule has 0 saturated carbocycles. The number of nitrogens with one attached hydrogen (secondary N) is 1. The van der Waals surface area contributed by atoms with Crippen LogP contribution in [0, 0.1) is 0 Å². The molecule has 92 valence electrons. The van der Waals surface area contributed by atoms with Crippen molar-refractivity contribution in [1.29, 1.82) is 0 Å². The van der Waals surface area contributed by atoms with Gasteiger partial charge in [-0.3, -0.25) is 4.79 Å². The number of carbonyl (C=O) groups is 1. The quantitative estimate of drug-likeness (QED) is 0.837. The van der Waals surface area contributed by atoms with Gasteiger partial charge in [0.05, 0.1) is 11.6 Å². The van der Waals surface area contributed by atoms with Gasteiger partial charge in [0.2, 0.25) is 6.79 Å². The molecule has 0 saturated heterocycles. The molecule has 0 radical (unpaired) electrons. The fourth-order valence-electron chi connectivity index (χ4n) is 1.94. The maximum atomic E-state index is 12.0. The third kappa shape index (κ3) is 2.10. The Labute approximate surface area is 105 Å². The number of benzene rings is 1. The highest BCUT2D eigenvalue weighted by Gasteiger charge is 2.25.